The molecule has 0 atom stereocenters. The Labute approximate surface area is 120 Å². The zero-order chi connectivity index (χ0) is 14.8. The lowest BCUT2D eigenvalue weighted by Crippen LogP contribution is -1.99. The van der Waals surface area contributed by atoms with Gasteiger partial charge in [-0.1, -0.05) is 41.6 Å². The first-order valence-corrected chi connectivity index (χ1v) is 6.38. The molecule has 1 aromatic carbocycles. The minimum absolute atomic E-state index is 0.00844. The van der Waals surface area contributed by atoms with Gasteiger partial charge in [-0.2, -0.15) is 0 Å². The summed E-state index contributed by atoms with van der Waals surface area (Å²) in [5, 5.41) is 13.0. The van der Waals surface area contributed by atoms with Gasteiger partial charge in [-0.3, -0.25) is 0 Å². The number of hydrogen-bond acceptors (Lipinski definition) is 4. The van der Waals surface area contributed by atoms with Gasteiger partial charge in [0, 0.05) is 17.3 Å². The van der Waals surface area contributed by atoms with Crippen molar-refractivity contribution in [3.63, 3.8) is 0 Å². The second-order valence-corrected chi connectivity index (χ2v) is 4.57. The van der Waals surface area contributed by atoms with E-state index < -0.39 is 5.97 Å². The van der Waals surface area contributed by atoms with Crippen LogP contribution in [0.2, 0.25) is 0 Å². The molecule has 3 aromatic rings. The lowest BCUT2D eigenvalue weighted by molar-refractivity contribution is 0.0690. The highest BCUT2D eigenvalue weighted by atomic mass is 16.5. The van der Waals surface area contributed by atoms with Gasteiger partial charge in [-0.05, 0) is 13.0 Å². The van der Waals surface area contributed by atoms with Crippen LogP contribution in [0.5, 0.6) is 0 Å². The van der Waals surface area contributed by atoms with E-state index in [1.54, 1.807) is 6.07 Å². The van der Waals surface area contributed by atoms with E-state index in [9.17, 15) is 4.79 Å². The van der Waals surface area contributed by atoms with E-state index in [2.05, 4.69) is 10.1 Å². The molecule has 1 N–H and O–H groups in total. The Morgan fingerprint density at radius 2 is 1.86 bits per heavy atom. The first-order valence-electron chi connectivity index (χ1n) is 6.38. The van der Waals surface area contributed by atoms with Gasteiger partial charge < -0.3 is 9.63 Å². The van der Waals surface area contributed by atoms with Crippen LogP contribution in [0.25, 0.3) is 22.4 Å². The van der Waals surface area contributed by atoms with Gasteiger partial charge in [0.05, 0.1) is 5.56 Å². The van der Waals surface area contributed by atoms with Crippen molar-refractivity contribution in [2.24, 2.45) is 0 Å². The summed E-state index contributed by atoms with van der Waals surface area (Å²) < 4.78 is 5.29. The van der Waals surface area contributed by atoms with Crippen LogP contribution >= 0.6 is 0 Å². The van der Waals surface area contributed by atoms with Crippen LogP contribution in [-0.4, -0.2) is 21.2 Å². The molecule has 5 heteroatoms. The Morgan fingerprint density at radius 3 is 2.48 bits per heavy atom. The second kappa shape index (κ2) is 5.20. The summed E-state index contributed by atoms with van der Waals surface area (Å²) >= 11 is 0. The third kappa shape index (κ3) is 2.41. The molecule has 104 valence electrons. The minimum Gasteiger partial charge on any atom is -0.477 e. The molecule has 0 aliphatic heterocycles. The summed E-state index contributed by atoms with van der Waals surface area (Å²) in [4.78, 5) is 14.8. The monoisotopic (exact) mass is 280 g/mol. The molecule has 2 aromatic heterocycles. The largest absolute Gasteiger partial charge is 0.477 e. The molecule has 0 radical (unpaired) electrons. The smallest absolute Gasteiger partial charge is 0.354 e. The maximum atomic E-state index is 10.9. The fourth-order valence-corrected chi connectivity index (χ4v) is 2.17. The number of aromatic nitrogens is 2. The molecule has 2 heterocycles. The average molecular weight is 280 g/mol. The third-order valence-corrected chi connectivity index (χ3v) is 3.18. The van der Waals surface area contributed by atoms with E-state index in [0.29, 0.717) is 5.76 Å². The molecule has 0 spiro atoms. The van der Waals surface area contributed by atoms with Gasteiger partial charge in [-0.15, -0.1) is 0 Å². The number of carboxylic acid groups (broad SMARTS) is 1. The van der Waals surface area contributed by atoms with E-state index in [1.807, 2.05) is 37.3 Å². The van der Waals surface area contributed by atoms with Gasteiger partial charge in [0.15, 0.2) is 0 Å². The number of carboxylic acids is 1. The molecule has 0 saturated carbocycles. The van der Waals surface area contributed by atoms with Crippen molar-refractivity contribution >= 4 is 5.97 Å². The van der Waals surface area contributed by atoms with Gasteiger partial charge >= 0.3 is 5.97 Å². The van der Waals surface area contributed by atoms with Crippen molar-refractivity contribution in [1.82, 2.24) is 10.1 Å². The van der Waals surface area contributed by atoms with Crippen LogP contribution in [0.1, 0.15) is 16.2 Å². The highest BCUT2D eigenvalue weighted by Gasteiger charge is 2.17. The molecular weight excluding hydrogens is 268 g/mol. The molecule has 0 aliphatic carbocycles. The minimum atomic E-state index is -1.05. The van der Waals surface area contributed by atoms with Crippen LogP contribution in [-0.2, 0) is 0 Å². The van der Waals surface area contributed by atoms with Crippen molar-refractivity contribution in [1.29, 1.82) is 0 Å². The quantitative estimate of drug-likeness (QED) is 0.795. The summed E-state index contributed by atoms with van der Waals surface area (Å²) in [6, 6.07) is 12.9. The van der Waals surface area contributed by atoms with Gasteiger partial charge in [-0.25, -0.2) is 9.78 Å². The molecule has 0 bridgehead atoms. The second-order valence-electron chi connectivity index (χ2n) is 4.57. The predicted molar refractivity (Wildman–Crippen MR) is 76.9 cm³/mol. The Bertz CT molecular complexity index is 777. The zero-order valence-electron chi connectivity index (χ0n) is 11.3. The standard InChI is InChI=1S/C16H12N2O3/c1-10-14(12-7-8-13(16(19)20)17-9-12)15(18-21-10)11-5-3-2-4-6-11/h2-9H,1H3,(H,19,20). The predicted octanol–water partition coefficient (Wildman–Crippen LogP) is 3.41. The van der Waals surface area contributed by atoms with E-state index in [0.717, 1.165) is 22.4 Å². The first-order chi connectivity index (χ1) is 10.2. The Kier molecular flexibility index (Phi) is 3.23. The van der Waals surface area contributed by atoms with Gasteiger partial charge in [0.2, 0.25) is 0 Å². The fourth-order valence-electron chi connectivity index (χ4n) is 2.17. The number of pyridine rings is 1. The maximum Gasteiger partial charge on any atom is 0.354 e. The molecule has 0 unspecified atom stereocenters. The van der Waals surface area contributed by atoms with Crippen LogP contribution in [0, 0.1) is 6.92 Å². The van der Waals surface area contributed by atoms with Gasteiger partial charge in [0.25, 0.3) is 0 Å². The summed E-state index contributed by atoms with van der Waals surface area (Å²) in [7, 11) is 0. The topological polar surface area (TPSA) is 76.2 Å². The van der Waals surface area contributed by atoms with E-state index in [-0.39, 0.29) is 5.69 Å². The Morgan fingerprint density at radius 1 is 1.10 bits per heavy atom. The molecule has 0 aliphatic rings. The summed E-state index contributed by atoms with van der Waals surface area (Å²) in [6.45, 7) is 1.82. The molecule has 3 rings (SSSR count). The SMILES string of the molecule is Cc1onc(-c2ccccc2)c1-c1ccc(C(=O)O)nc1. The summed E-state index contributed by atoms with van der Waals surface area (Å²) in [5.74, 6) is -0.384. The Balaban J connectivity index is 2.10. The lowest BCUT2D eigenvalue weighted by atomic mass is 10.0. The number of nitrogens with zero attached hydrogens (tertiary/aromatic N) is 2. The third-order valence-electron chi connectivity index (χ3n) is 3.18. The average Bonchev–Trinajstić information content (AvgIpc) is 2.90. The van der Waals surface area contributed by atoms with Crippen LogP contribution in [0.3, 0.4) is 0 Å². The zero-order valence-corrected chi connectivity index (χ0v) is 11.3. The summed E-state index contributed by atoms with van der Waals surface area (Å²) in [5.41, 5.74) is 3.27. The highest BCUT2D eigenvalue weighted by Crippen LogP contribution is 2.33. The molecule has 5 nitrogen and oxygen atoms in total. The molecule has 0 saturated heterocycles. The summed E-state index contributed by atoms with van der Waals surface area (Å²) in [6.07, 6.45) is 1.52. The normalized spacial score (nSPS) is 10.5. The molecule has 0 fully saturated rings. The number of aromatic carboxylic acids is 1. The van der Waals surface area contributed by atoms with Crippen LogP contribution in [0.4, 0.5) is 0 Å². The van der Waals surface area contributed by atoms with Crippen molar-refractivity contribution in [2.75, 3.05) is 0 Å². The Hall–Kier alpha value is -2.95. The van der Waals surface area contributed by atoms with Crippen molar-refractivity contribution in [3.05, 3.63) is 60.1 Å². The molecule has 21 heavy (non-hydrogen) atoms. The number of rotatable bonds is 3. The molecular formula is C16H12N2O3. The van der Waals surface area contributed by atoms with E-state index in [1.165, 1.54) is 12.3 Å². The van der Waals surface area contributed by atoms with E-state index >= 15 is 0 Å². The van der Waals surface area contributed by atoms with E-state index in [4.69, 9.17) is 9.63 Å². The lowest BCUT2D eigenvalue weighted by Gasteiger charge is -2.03. The number of carbonyl (C=O) groups is 1. The van der Waals surface area contributed by atoms with Crippen molar-refractivity contribution in [2.45, 2.75) is 6.92 Å². The highest BCUT2D eigenvalue weighted by molar-refractivity contribution is 5.87. The fraction of sp³-hybridized carbons (Fsp3) is 0.0625. The van der Waals surface area contributed by atoms with Crippen molar-refractivity contribution in [3.8, 4) is 22.4 Å². The van der Waals surface area contributed by atoms with Crippen LogP contribution in [0.15, 0.2) is 53.2 Å². The number of benzene rings is 1. The first kappa shape index (κ1) is 13.1. The van der Waals surface area contributed by atoms with Crippen molar-refractivity contribution < 1.29 is 14.4 Å². The van der Waals surface area contributed by atoms with Gasteiger partial charge in [0.1, 0.15) is 17.1 Å². The number of aryl methyl sites for hydroxylation is 1. The number of hydrogen-bond donors (Lipinski definition) is 1. The van der Waals surface area contributed by atoms with Crippen LogP contribution < -0.4 is 0 Å². The molecule has 0 amide bonds. The maximum absolute atomic E-state index is 10.9.